The monoisotopic (exact) mass is 364 g/mol. The minimum absolute atomic E-state index is 0.178. The molecule has 0 aliphatic carbocycles. The summed E-state index contributed by atoms with van der Waals surface area (Å²) in [5, 5.41) is 0. The van der Waals surface area contributed by atoms with Gasteiger partial charge in [-0.15, -0.1) is 0 Å². The molecule has 5 nitrogen and oxygen atoms in total. The summed E-state index contributed by atoms with van der Waals surface area (Å²) >= 11 is 0. The number of morpholine rings is 1. The van der Waals surface area contributed by atoms with E-state index in [-0.39, 0.29) is 23.3 Å². The van der Waals surface area contributed by atoms with Crippen molar-refractivity contribution in [3.63, 3.8) is 0 Å². The fourth-order valence-corrected chi connectivity index (χ4v) is 3.96. The van der Waals surface area contributed by atoms with Crippen LogP contribution in [0.15, 0.2) is 59.5 Å². The van der Waals surface area contributed by atoms with Crippen LogP contribution < -0.4 is 4.72 Å². The molecule has 0 radical (unpaired) electrons. The topological polar surface area (TPSA) is 58.6 Å². The standard InChI is InChI=1S/C18H21FN2O3S/c19-16-8-6-15(7-9-16)18(21-10-12-24-13-11-21)14-20-25(22,23)17-4-2-1-3-5-17/h1-9,18,20H,10-14H2. The van der Waals surface area contributed by atoms with Gasteiger partial charge < -0.3 is 4.74 Å². The Balaban J connectivity index is 1.79. The Hall–Kier alpha value is -1.80. The Morgan fingerprint density at radius 1 is 1.04 bits per heavy atom. The van der Waals surface area contributed by atoms with E-state index in [0.717, 1.165) is 5.56 Å². The zero-order chi connectivity index (χ0) is 17.7. The highest BCUT2D eigenvalue weighted by Crippen LogP contribution is 2.22. The maximum Gasteiger partial charge on any atom is 0.240 e. The Labute approximate surface area is 147 Å². The lowest BCUT2D eigenvalue weighted by molar-refractivity contribution is 0.0172. The first-order valence-corrected chi connectivity index (χ1v) is 9.66. The summed E-state index contributed by atoms with van der Waals surface area (Å²) in [6, 6.07) is 14.3. The SMILES string of the molecule is O=S(=O)(NCC(c1ccc(F)cc1)N1CCOCC1)c1ccccc1. The number of nitrogens with one attached hydrogen (secondary N) is 1. The lowest BCUT2D eigenvalue weighted by Crippen LogP contribution is -2.43. The number of hydrogen-bond donors (Lipinski definition) is 1. The predicted octanol–water partition coefficient (Wildman–Crippen LogP) is 2.18. The lowest BCUT2D eigenvalue weighted by Gasteiger charge is -2.34. The summed E-state index contributed by atoms with van der Waals surface area (Å²) in [4.78, 5) is 2.39. The van der Waals surface area contributed by atoms with Crippen molar-refractivity contribution in [3.05, 3.63) is 66.0 Å². The fourth-order valence-electron chi connectivity index (χ4n) is 2.90. The summed E-state index contributed by atoms with van der Waals surface area (Å²) in [5.41, 5.74) is 0.874. The summed E-state index contributed by atoms with van der Waals surface area (Å²) in [7, 11) is -3.59. The van der Waals surface area contributed by atoms with Crippen LogP contribution in [-0.2, 0) is 14.8 Å². The molecule has 1 heterocycles. The van der Waals surface area contributed by atoms with E-state index in [9.17, 15) is 12.8 Å². The number of benzene rings is 2. The third-order valence-electron chi connectivity index (χ3n) is 4.26. The molecule has 2 aromatic carbocycles. The van der Waals surface area contributed by atoms with Gasteiger partial charge in [0.2, 0.25) is 10.0 Å². The number of ether oxygens (including phenoxy) is 1. The second-order valence-corrected chi connectivity index (χ2v) is 7.65. The summed E-state index contributed by atoms with van der Waals surface area (Å²) in [6.45, 7) is 2.82. The van der Waals surface area contributed by atoms with Gasteiger partial charge in [-0.25, -0.2) is 17.5 Å². The van der Waals surface area contributed by atoms with E-state index >= 15 is 0 Å². The van der Waals surface area contributed by atoms with Crippen LogP contribution in [0.3, 0.4) is 0 Å². The third-order valence-corrected chi connectivity index (χ3v) is 5.70. The molecule has 2 aromatic rings. The molecule has 0 aromatic heterocycles. The molecule has 1 fully saturated rings. The lowest BCUT2D eigenvalue weighted by atomic mass is 10.0. The molecule has 1 unspecified atom stereocenters. The van der Waals surface area contributed by atoms with Gasteiger partial charge in [0.05, 0.1) is 18.1 Å². The normalized spacial score (nSPS) is 17.3. The highest BCUT2D eigenvalue weighted by atomic mass is 32.2. The largest absolute Gasteiger partial charge is 0.379 e. The minimum Gasteiger partial charge on any atom is -0.379 e. The quantitative estimate of drug-likeness (QED) is 0.854. The molecular formula is C18H21FN2O3S. The van der Waals surface area contributed by atoms with Crippen LogP contribution in [0.4, 0.5) is 4.39 Å². The van der Waals surface area contributed by atoms with E-state index in [1.165, 1.54) is 12.1 Å². The maximum atomic E-state index is 13.2. The molecule has 7 heteroatoms. The van der Waals surface area contributed by atoms with Crippen molar-refractivity contribution in [3.8, 4) is 0 Å². The van der Waals surface area contributed by atoms with Gasteiger partial charge in [-0.3, -0.25) is 4.90 Å². The molecule has 0 spiro atoms. The zero-order valence-electron chi connectivity index (χ0n) is 13.8. The van der Waals surface area contributed by atoms with Gasteiger partial charge in [-0.1, -0.05) is 30.3 Å². The van der Waals surface area contributed by atoms with Crippen molar-refractivity contribution in [2.75, 3.05) is 32.8 Å². The van der Waals surface area contributed by atoms with Crippen LogP contribution in [0.5, 0.6) is 0 Å². The van der Waals surface area contributed by atoms with Crippen molar-refractivity contribution in [2.45, 2.75) is 10.9 Å². The van der Waals surface area contributed by atoms with Crippen LogP contribution in [0.2, 0.25) is 0 Å². The molecule has 1 aliphatic rings. The molecule has 0 bridgehead atoms. The van der Waals surface area contributed by atoms with Gasteiger partial charge in [0.15, 0.2) is 0 Å². The van der Waals surface area contributed by atoms with Crippen LogP contribution in [0.25, 0.3) is 0 Å². The number of hydrogen-bond acceptors (Lipinski definition) is 4. The van der Waals surface area contributed by atoms with E-state index in [4.69, 9.17) is 4.74 Å². The van der Waals surface area contributed by atoms with Gasteiger partial charge in [0.25, 0.3) is 0 Å². The first kappa shape index (κ1) is 18.0. The molecule has 134 valence electrons. The highest BCUT2D eigenvalue weighted by Gasteiger charge is 2.25. The highest BCUT2D eigenvalue weighted by molar-refractivity contribution is 7.89. The van der Waals surface area contributed by atoms with Gasteiger partial charge >= 0.3 is 0 Å². The summed E-state index contributed by atoms with van der Waals surface area (Å²) in [5.74, 6) is -0.311. The van der Waals surface area contributed by atoms with Crippen LogP contribution in [-0.4, -0.2) is 46.2 Å². The predicted molar refractivity (Wildman–Crippen MR) is 93.2 cm³/mol. The molecule has 25 heavy (non-hydrogen) atoms. The second-order valence-electron chi connectivity index (χ2n) is 5.88. The second kappa shape index (κ2) is 8.05. The van der Waals surface area contributed by atoms with Gasteiger partial charge in [-0.05, 0) is 29.8 Å². The molecule has 1 atom stereocenters. The van der Waals surface area contributed by atoms with Crippen molar-refractivity contribution in [2.24, 2.45) is 0 Å². The number of rotatable bonds is 6. The van der Waals surface area contributed by atoms with E-state index < -0.39 is 10.0 Å². The number of nitrogens with zero attached hydrogens (tertiary/aromatic N) is 1. The molecule has 0 saturated carbocycles. The van der Waals surface area contributed by atoms with Crippen LogP contribution in [0.1, 0.15) is 11.6 Å². The first-order valence-electron chi connectivity index (χ1n) is 8.18. The number of sulfonamides is 1. The van der Waals surface area contributed by atoms with Crippen LogP contribution in [0, 0.1) is 5.82 Å². The minimum atomic E-state index is -3.59. The van der Waals surface area contributed by atoms with Gasteiger partial charge in [0, 0.05) is 25.7 Å². The molecule has 1 aliphatic heterocycles. The Kier molecular flexibility index (Phi) is 5.80. The Morgan fingerprint density at radius 3 is 2.32 bits per heavy atom. The molecular weight excluding hydrogens is 343 g/mol. The summed E-state index contributed by atoms with van der Waals surface area (Å²) < 4.78 is 46.3. The summed E-state index contributed by atoms with van der Waals surface area (Å²) in [6.07, 6.45) is 0. The van der Waals surface area contributed by atoms with E-state index in [2.05, 4.69) is 9.62 Å². The molecule has 0 amide bonds. The van der Waals surface area contributed by atoms with Crippen molar-refractivity contribution in [1.29, 1.82) is 0 Å². The first-order chi connectivity index (χ1) is 12.1. The molecule has 1 N–H and O–H groups in total. The van der Waals surface area contributed by atoms with Gasteiger partial charge in [0.1, 0.15) is 5.82 Å². The smallest absolute Gasteiger partial charge is 0.240 e. The fraction of sp³-hybridized carbons (Fsp3) is 0.333. The van der Waals surface area contributed by atoms with Crippen molar-refractivity contribution in [1.82, 2.24) is 9.62 Å². The molecule has 3 rings (SSSR count). The average molecular weight is 364 g/mol. The van der Waals surface area contributed by atoms with E-state index in [0.29, 0.717) is 26.3 Å². The molecule has 1 saturated heterocycles. The van der Waals surface area contributed by atoms with E-state index in [1.54, 1.807) is 42.5 Å². The Bertz CT molecular complexity index is 776. The van der Waals surface area contributed by atoms with E-state index in [1.807, 2.05) is 0 Å². The van der Waals surface area contributed by atoms with Crippen molar-refractivity contribution >= 4 is 10.0 Å². The van der Waals surface area contributed by atoms with Gasteiger partial charge in [-0.2, -0.15) is 0 Å². The zero-order valence-corrected chi connectivity index (χ0v) is 14.6. The average Bonchev–Trinajstić information content (AvgIpc) is 2.65. The van der Waals surface area contributed by atoms with Crippen molar-refractivity contribution < 1.29 is 17.5 Å². The Morgan fingerprint density at radius 2 is 1.68 bits per heavy atom. The van der Waals surface area contributed by atoms with Crippen LogP contribution >= 0.6 is 0 Å². The number of halogens is 1. The maximum absolute atomic E-state index is 13.2. The third kappa shape index (κ3) is 4.64.